The number of carbonyl (C=O) groups is 1. The normalized spacial score (nSPS) is 9.94. The van der Waals surface area contributed by atoms with Crippen molar-refractivity contribution in [3.63, 3.8) is 0 Å². The van der Waals surface area contributed by atoms with Gasteiger partial charge in [0.25, 0.3) is 0 Å². The van der Waals surface area contributed by atoms with Crippen LogP contribution < -0.4 is 5.32 Å². The Balaban J connectivity index is 2.40. The molecule has 2 rings (SSSR count). The lowest BCUT2D eigenvalue weighted by Gasteiger charge is -2.09. The number of rotatable bonds is 3. The van der Waals surface area contributed by atoms with Crippen molar-refractivity contribution in [1.82, 2.24) is 9.78 Å². The number of aromatic nitrogens is 2. The van der Waals surface area contributed by atoms with E-state index in [1.54, 1.807) is 16.9 Å². The number of carbonyl (C=O) groups excluding carboxylic acids is 1. The van der Waals surface area contributed by atoms with Crippen molar-refractivity contribution in [2.75, 3.05) is 5.32 Å². The molecule has 2 aromatic rings. The van der Waals surface area contributed by atoms with Crippen LogP contribution in [0.25, 0.3) is 5.69 Å². The van der Waals surface area contributed by atoms with Crippen LogP contribution in [0.3, 0.4) is 0 Å². The zero-order valence-corrected chi connectivity index (χ0v) is 9.55. The van der Waals surface area contributed by atoms with E-state index in [2.05, 4.69) is 17.0 Å². The van der Waals surface area contributed by atoms with Crippen LogP contribution in [0.5, 0.6) is 0 Å². The molecule has 0 bridgehead atoms. The fraction of sp³-hybridized carbons (Fsp3) is 0.0769. The molecule has 1 aromatic carbocycles. The summed E-state index contributed by atoms with van der Waals surface area (Å²) in [5, 5.41) is 6.91. The SMILES string of the molecule is C=CC(=O)Nc1ccnn1-c1ccccc1C. The highest BCUT2D eigenvalue weighted by Gasteiger charge is 2.08. The first-order chi connectivity index (χ1) is 8.22. The largest absolute Gasteiger partial charge is 0.307 e. The Morgan fingerprint density at radius 3 is 2.88 bits per heavy atom. The first kappa shape index (κ1) is 11.1. The van der Waals surface area contributed by atoms with Crippen LogP contribution in [-0.4, -0.2) is 15.7 Å². The highest BCUT2D eigenvalue weighted by Crippen LogP contribution is 2.17. The van der Waals surface area contributed by atoms with E-state index in [1.165, 1.54) is 6.08 Å². The van der Waals surface area contributed by atoms with Gasteiger partial charge in [-0.25, -0.2) is 4.68 Å². The number of anilines is 1. The van der Waals surface area contributed by atoms with Crippen molar-refractivity contribution in [1.29, 1.82) is 0 Å². The topological polar surface area (TPSA) is 46.9 Å². The second-order valence-corrected chi connectivity index (χ2v) is 3.61. The minimum Gasteiger partial charge on any atom is -0.307 e. The highest BCUT2D eigenvalue weighted by atomic mass is 16.1. The van der Waals surface area contributed by atoms with Gasteiger partial charge in [0.05, 0.1) is 11.9 Å². The fourth-order valence-electron chi connectivity index (χ4n) is 1.57. The molecule has 0 fully saturated rings. The Bertz CT molecular complexity index is 557. The predicted molar refractivity (Wildman–Crippen MR) is 67.1 cm³/mol. The molecule has 0 unspecified atom stereocenters. The molecule has 1 heterocycles. The van der Waals surface area contributed by atoms with Gasteiger partial charge in [-0.2, -0.15) is 5.10 Å². The molecule has 0 saturated heterocycles. The predicted octanol–water partition coefficient (Wildman–Crippen LogP) is 2.31. The molecule has 0 spiro atoms. The number of nitrogens with zero attached hydrogens (tertiary/aromatic N) is 2. The number of amides is 1. The third-order valence-corrected chi connectivity index (χ3v) is 2.42. The molecule has 1 N–H and O–H groups in total. The summed E-state index contributed by atoms with van der Waals surface area (Å²) in [4.78, 5) is 11.3. The van der Waals surface area contributed by atoms with Gasteiger partial charge in [-0.3, -0.25) is 4.79 Å². The van der Waals surface area contributed by atoms with Crippen molar-refractivity contribution in [3.8, 4) is 5.69 Å². The standard InChI is InChI=1S/C13H13N3O/c1-3-13(17)15-12-8-9-14-16(12)11-7-5-4-6-10(11)2/h3-9H,1H2,2H3,(H,15,17). The van der Waals surface area contributed by atoms with E-state index in [0.29, 0.717) is 5.82 Å². The van der Waals surface area contributed by atoms with Gasteiger partial charge in [0, 0.05) is 6.07 Å². The van der Waals surface area contributed by atoms with Crippen LogP contribution in [0.4, 0.5) is 5.82 Å². The summed E-state index contributed by atoms with van der Waals surface area (Å²) in [6, 6.07) is 9.59. The smallest absolute Gasteiger partial charge is 0.248 e. The van der Waals surface area contributed by atoms with Crippen molar-refractivity contribution >= 4 is 11.7 Å². The monoisotopic (exact) mass is 227 g/mol. The number of benzene rings is 1. The Morgan fingerprint density at radius 1 is 1.41 bits per heavy atom. The molecule has 4 heteroatoms. The second-order valence-electron chi connectivity index (χ2n) is 3.61. The minimum absolute atomic E-state index is 0.250. The van der Waals surface area contributed by atoms with Crippen LogP contribution in [0, 0.1) is 6.92 Å². The maximum atomic E-state index is 11.3. The molecule has 0 saturated carbocycles. The molecule has 0 aliphatic carbocycles. The second kappa shape index (κ2) is 4.65. The molecule has 0 atom stereocenters. The number of hydrogen-bond donors (Lipinski definition) is 1. The van der Waals surface area contributed by atoms with Gasteiger partial charge in [-0.1, -0.05) is 24.8 Å². The number of para-hydroxylation sites is 1. The fourth-order valence-corrected chi connectivity index (χ4v) is 1.57. The van der Waals surface area contributed by atoms with E-state index in [-0.39, 0.29) is 5.91 Å². The summed E-state index contributed by atoms with van der Waals surface area (Å²) in [6.07, 6.45) is 2.88. The van der Waals surface area contributed by atoms with E-state index in [4.69, 9.17) is 0 Å². The van der Waals surface area contributed by atoms with Crippen molar-refractivity contribution in [2.24, 2.45) is 0 Å². The van der Waals surface area contributed by atoms with E-state index >= 15 is 0 Å². The van der Waals surface area contributed by atoms with E-state index in [0.717, 1.165) is 11.3 Å². The summed E-state index contributed by atoms with van der Waals surface area (Å²) >= 11 is 0. The zero-order chi connectivity index (χ0) is 12.3. The third kappa shape index (κ3) is 2.25. The molecule has 4 nitrogen and oxygen atoms in total. The van der Waals surface area contributed by atoms with E-state index < -0.39 is 0 Å². The molecule has 17 heavy (non-hydrogen) atoms. The summed E-state index contributed by atoms with van der Waals surface area (Å²) in [5.41, 5.74) is 2.03. The van der Waals surface area contributed by atoms with E-state index in [9.17, 15) is 4.79 Å². The van der Waals surface area contributed by atoms with Gasteiger partial charge >= 0.3 is 0 Å². The molecule has 0 aliphatic rings. The molecule has 0 aliphatic heterocycles. The van der Waals surface area contributed by atoms with Crippen LogP contribution in [-0.2, 0) is 4.79 Å². The van der Waals surface area contributed by atoms with Crippen LogP contribution >= 0.6 is 0 Å². The molecule has 1 amide bonds. The van der Waals surface area contributed by atoms with Gasteiger partial charge < -0.3 is 5.32 Å². The summed E-state index contributed by atoms with van der Waals surface area (Å²) in [5.74, 6) is 0.379. The molecule has 0 radical (unpaired) electrons. The van der Waals surface area contributed by atoms with Gasteiger partial charge in [0.15, 0.2) is 0 Å². The maximum Gasteiger partial charge on any atom is 0.248 e. The van der Waals surface area contributed by atoms with Crippen molar-refractivity contribution in [3.05, 3.63) is 54.7 Å². The number of aryl methyl sites for hydroxylation is 1. The maximum absolute atomic E-state index is 11.3. The van der Waals surface area contributed by atoms with E-state index in [1.807, 2.05) is 31.2 Å². The Kier molecular flexibility index (Phi) is 3.05. The van der Waals surface area contributed by atoms with Crippen molar-refractivity contribution < 1.29 is 4.79 Å². The Morgan fingerprint density at radius 2 is 2.18 bits per heavy atom. The summed E-state index contributed by atoms with van der Waals surface area (Å²) in [6.45, 7) is 5.42. The minimum atomic E-state index is -0.250. The molecule has 1 aromatic heterocycles. The van der Waals surface area contributed by atoms with Crippen LogP contribution in [0.15, 0.2) is 49.2 Å². The lowest BCUT2D eigenvalue weighted by atomic mass is 10.2. The van der Waals surface area contributed by atoms with Gasteiger partial charge in [0.2, 0.25) is 5.91 Å². The summed E-state index contributed by atoms with van der Waals surface area (Å²) in [7, 11) is 0. The highest BCUT2D eigenvalue weighted by molar-refractivity contribution is 5.98. The first-order valence-electron chi connectivity index (χ1n) is 5.26. The molecule has 86 valence electrons. The lowest BCUT2D eigenvalue weighted by molar-refractivity contribution is -0.111. The molecular formula is C13H13N3O. The number of nitrogens with one attached hydrogen (secondary N) is 1. The first-order valence-corrected chi connectivity index (χ1v) is 5.26. The average Bonchev–Trinajstić information content (AvgIpc) is 2.77. The van der Waals surface area contributed by atoms with Crippen molar-refractivity contribution in [2.45, 2.75) is 6.92 Å². The van der Waals surface area contributed by atoms with Crippen LogP contribution in [0.1, 0.15) is 5.56 Å². The quantitative estimate of drug-likeness (QED) is 0.818. The zero-order valence-electron chi connectivity index (χ0n) is 9.55. The lowest BCUT2D eigenvalue weighted by Crippen LogP contribution is -2.12. The van der Waals surface area contributed by atoms with Gasteiger partial charge in [0.1, 0.15) is 5.82 Å². The summed E-state index contributed by atoms with van der Waals surface area (Å²) < 4.78 is 1.69. The average molecular weight is 227 g/mol. The van der Waals surface area contributed by atoms with Gasteiger partial charge in [-0.05, 0) is 24.6 Å². The Labute approximate surface area is 99.6 Å². The van der Waals surface area contributed by atoms with Crippen LogP contribution in [0.2, 0.25) is 0 Å². The molecular weight excluding hydrogens is 214 g/mol. The third-order valence-electron chi connectivity index (χ3n) is 2.42. The Hall–Kier alpha value is -2.36. The number of hydrogen-bond acceptors (Lipinski definition) is 2. The van der Waals surface area contributed by atoms with Gasteiger partial charge in [-0.15, -0.1) is 0 Å².